The number of hydrogen-bond acceptors (Lipinski definition) is 5. The largest absolute Gasteiger partial charge is 0.495 e. The number of carbonyl (C=O) groups is 2. The molecule has 0 heterocycles. The lowest BCUT2D eigenvalue weighted by atomic mass is 9.94. The van der Waals surface area contributed by atoms with Crippen molar-refractivity contribution in [1.82, 2.24) is 10.2 Å². The fraction of sp³-hybridized carbons (Fsp3) is 0.375. The maximum Gasteiger partial charge on any atom is 0.244 e. The molecule has 1 saturated carbocycles. The summed E-state index contributed by atoms with van der Waals surface area (Å²) in [5, 5.41) is 3.87. The molecule has 3 aromatic rings. The van der Waals surface area contributed by atoms with Gasteiger partial charge in [-0.1, -0.05) is 84.9 Å². The molecule has 1 aliphatic carbocycles. The number of sulfonamides is 1. The first-order valence-corrected chi connectivity index (χ1v) is 16.8. The van der Waals surface area contributed by atoms with E-state index < -0.39 is 28.5 Å². The zero-order valence-corrected chi connectivity index (χ0v) is 26.7. The molecule has 0 spiro atoms. The lowest BCUT2D eigenvalue weighted by molar-refractivity contribution is -0.140. The quantitative estimate of drug-likeness (QED) is 0.266. The van der Waals surface area contributed by atoms with Crippen LogP contribution in [-0.2, 0) is 32.6 Å². The van der Waals surface area contributed by atoms with Crippen LogP contribution in [0.15, 0.2) is 72.8 Å². The number of amides is 2. The van der Waals surface area contributed by atoms with Crippen molar-refractivity contribution >= 4 is 50.7 Å². The van der Waals surface area contributed by atoms with Crippen molar-refractivity contribution in [2.75, 3.05) is 24.2 Å². The number of carbonyl (C=O) groups excluding carboxylic acids is 2. The average Bonchev–Trinajstić information content (AvgIpc) is 2.98. The summed E-state index contributed by atoms with van der Waals surface area (Å²) in [5.74, 6) is -0.448. The van der Waals surface area contributed by atoms with Crippen LogP contribution < -0.4 is 14.4 Å². The van der Waals surface area contributed by atoms with Gasteiger partial charge in [-0.25, -0.2) is 8.42 Å². The lowest BCUT2D eigenvalue weighted by Gasteiger charge is -2.35. The van der Waals surface area contributed by atoms with Gasteiger partial charge in [0, 0.05) is 24.0 Å². The fourth-order valence-corrected chi connectivity index (χ4v) is 6.66. The van der Waals surface area contributed by atoms with E-state index in [1.165, 1.54) is 24.1 Å². The van der Waals surface area contributed by atoms with Gasteiger partial charge < -0.3 is 15.0 Å². The number of nitrogens with zero attached hydrogens (tertiary/aromatic N) is 2. The first-order valence-electron chi connectivity index (χ1n) is 14.2. The van der Waals surface area contributed by atoms with E-state index in [0.717, 1.165) is 48.2 Å². The maximum absolute atomic E-state index is 14.2. The first kappa shape index (κ1) is 32.6. The smallest absolute Gasteiger partial charge is 0.244 e. The Morgan fingerprint density at radius 1 is 0.953 bits per heavy atom. The monoisotopic (exact) mass is 645 g/mol. The predicted molar refractivity (Wildman–Crippen MR) is 171 cm³/mol. The summed E-state index contributed by atoms with van der Waals surface area (Å²) in [7, 11) is -2.47. The lowest BCUT2D eigenvalue weighted by Crippen LogP contribution is -2.55. The third kappa shape index (κ3) is 9.11. The summed E-state index contributed by atoms with van der Waals surface area (Å²) in [6.45, 7) is -0.486. The van der Waals surface area contributed by atoms with E-state index in [-0.39, 0.29) is 35.6 Å². The van der Waals surface area contributed by atoms with Crippen LogP contribution in [0.5, 0.6) is 5.75 Å². The summed E-state index contributed by atoms with van der Waals surface area (Å²) in [6.07, 6.45) is 6.24. The minimum Gasteiger partial charge on any atom is -0.495 e. The van der Waals surface area contributed by atoms with Crippen molar-refractivity contribution in [3.05, 3.63) is 94.0 Å². The molecular weight excluding hydrogens is 609 g/mol. The van der Waals surface area contributed by atoms with E-state index in [2.05, 4.69) is 5.32 Å². The molecule has 0 aliphatic heterocycles. The van der Waals surface area contributed by atoms with E-state index in [0.29, 0.717) is 16.3 Å². The minimum absolute atomic E-state index is 0.0246. The molecule has 1 N–H and O–H groups in total. The normalized spacial score (nSPS) is 14.5. The average molecular weight is 647 g/mol. The molecule has 0 radical (unpaired) electrons. The Morgan fingerprint density at radius 2 is 1.65 bits per heavy atom. The Hall–Kier alpha value is -3.27. The predicted octanol–water partition coefficient (Wildman–Crippen LogP) is 5.86. The van der Waals surface area contributed by atoms with Crippen LogP contribution in [0.3, 0.4) is 0 Å². The molecule has 8 nitrogen and oxygen atoms in total. The van der Waals surface area contributed by atoms with Crippen molar-refractivity contribution in [2.45, 2.75) is 57.2 Å². The van der Waals surface area contributed by atoms with Gasteiger partial charge in [0.1, 0.15) is 18.3 Å². The van der Waals surface area contributed by atoms with Gasteiger partial charge in [-0.05, 0) is 54.3 Å². The number of hydrogen-bond donors (Lipinski definition) is 1. The Labute approximate surface area is 264 Å². The van der Waals surface area contributed by atoms with Crippen LogP contribution in [0.4, 0.5) is 5.69 Å². The Bertz CT molecular complexity index is 1510. The van der Waals surface area contributed by atoms with Gasteiger partial charge in [0.2, 0.25) is 21.8 Å². The van der Waals surface area contributed by atoms with Crippen molar-refractivity contribution in [1.29, 1.82) is 0 Å². The van der Waals surface area contributed by atoms with Gasteiger partial charge in [-0.2, -0.15) is 0 Å². The van der Waals surface area contributed by atoms with Crippen LogP contribution in [0.1, 0.15) is 43.2 Å². The van der Waals surface area contributed by atoms with Crippen LogP contribution >= 0.6 is 23.2 Å². The van der Waals surface area contributed by atoms with E-state index in [1.807, 2.05) is 36.4 Å². The standard InChI is InChI=1S/C32H37Cl2N3O5S/c1-42-30-17-16-27(20-28(30)34)37(43(2,40)41)22-31(38)36(21-24-12-9-13-25(33)18-24)29(19-23-10-5-3-6-11-23)32(39)35-26-14-7-4-8-15-26/h3,5-6,9-13,16-18,20,26,29H,4,7-8,14-15,19,21-22H2,1-2H3,(H,35,39)/t29-/m1/s1. The Balaban J connectivity index is 1.73. The number of benzene rings is 3. The van der Waals surface area contributed by atoms with Crippen molar-refractivity contribution in [3.63, 3.8) is 0 Å². The van der Waals surface area contributed by atoms with Gasteiger partial charge in [-0.3, -0.25) is 13.9 Å². The number of rotatable bonds is 12. The van der Waals surface area contributed by atoms with Crippen molar-refractivity contribution < 1.29 is 22.7 Å². The molecule has 1 atom stereocenters. The third-order valence-electron chi connectivity index (χ3n) is 7.57. The Kier molecular flexibility index (Phi) is 11.3. The molecule has 0 saturated heterocycles. The minimum atomic E-state index is -3.93. The number of ether oxygens (including phenoxy) is 1. The number of anilines is 1. The second kappa shape index (κ2) is 14.9. The van der Waals surface area contributed by atoms with Crippen molar-refractivity contribution in [3.8, 4) is 5.75 Å². The first-order chi connectivity index (χ1) is 20.5. The van der Waals surface area contributed by atoms with Crippen LogP contribution in [0.2, 0.25) is 10.0 Å². The van der Waals surface area contributed by atoms with Crippen LogP contribution in [-0.4, -0.2) is 57.1 Å². The molecule has 0 unspecified atom stereocenters. The maximum atomic E-state index is 14.2. The zero-order valence-electron chi connectivity index (χ0n) is 24.3. The van der Waals surface area contributed by atoms with E-state index in [9.17, 15) is 18.0 Å². The number of halogens is 2. The zero-order chi connectivity index (χ0) is 31.0. The molecule has 0 bridgehead atoms. The Morgan fingerprint density at radius 3 is 2.28 bits per heavy atom. The highest BCUT2D eigenvalue weighted by Gasteiger charge is 2.34. The molecule has 11 heteroatoms. The summed E-state index contributed by atoms with van der Waals surface area (Å²) in [6, 6.07) is 20.2. The summed E-state index contributed by atoms with van der Waals surface area (Å²) in [4.78, 5) is 29.7. The van der Waals surface area contributed by atoms with E-state index in [4.69, 9.17) is 27.9 Å². The summed E-state index contributed by atoms with van der Waals surface area (Å²) in [5.41, 5.74) is 1.79. The SMILES string of the molecule is COc1ccc(N(CC(=O)N(Cc2cccc(Cl)c2)[C@H](Cc2ccccc2)C(=O)NC2CCCCC2)S(C)(=O)=O)cc1Cl. The van der Waals surface area contributed by atoms with Gasteiger partial charge in [-0.15, -0.1) is 0 Å². The van der Waals surface area contributed by atoms with Gasteiger partial charge in [0.15, 0.2) is 0 Å². The van der Waals surface area contributed by atoms with Crippen LogP contribution in [0, 0.1) is 0 Å². The molecule has 0 aromatic heterocycles. The number of nitrogens with one attached hydrogen (secondary N) is 1. The highest BCUT2D eigenvalue weighted by molar-refractivity contribution is 7.92. The third-order valence-corrected chi connectivity index (χ3v) is 9.24. The van der Waals surface area contributed by atoms with E-state index >= 15 is 0 Å². The second-order valence-corrected chi connectivity index (χ2v) is 13.5. The molecule has 1 aliphatic rings. The van der Waals surface area contributed by atoms with Gasteiger partial charge >= 0.3 is 0 Å². The summed E-state index contributed by atoms with van der Waals surface area (Å²) < 4.78 is 32.2. The van der Waals surface area contributed by atoms with Crippen molar-refractivity contribution in [2.24, 2.45) is 0 Å². The number of methoxy groups -OCH3 is 1. The molecule has 2 amide bonds. The molecule has 1 fully saturated rings. The molecule has 43 heavy (non-hydrogen) atoms. The highest BCUT2D eigenvalue weighted by Crippen LogP contribution is 2.30. The van der Waals surface area contributed by atoms with Gasteiger partial charge in [0.05, 0.1) is 24.1 Å². The topological polar surface area (TPSA) is 96.0 Å². The summed E-state index contributed by atoms with van der Waals surface area (Å²) >= 11 is 12.6. The molecule has 4 rings (SSSR count). The van der Waals surface area contributed by atoms with Gasteiger partial charge in [0.25, 0.3) is 0 Å². The molecule has 3 aromatic carbocycles. The van der Waals surface area contributed by atoms with E-state index in [1.54, 1.807) is 24.3 Å². The highest BCUT2D eigenvalue weighted by atomic mass is 35.5. The molecule has 230 valence electrons. The second-order valence-electron chi connectivity index (χ2n) is 10.8. The fourth-order valence-electron chi connectivity index (χ4n) is 5.35. The molecular formula is C32H37Cl2N3O5S. The van der Waals surface area contributed by atoms with Crippen LogP contribution in [0.25, 0.3) is 0 Å².